The molecule has 0 saturated heterocycles. The Balaban J connectivity index is 1.53. The van der Waals surface area contributed by atoms with Crippen LogP contribution in [-0.4, -0.2) is 42.4 Å². The van der Waals surface area contributed by atoms with Crippen LogP contribution in [0.2, 0.25) is 0 Å². The van der Waals surface area contributed by atoms with Gasteiger partial charge >= 0.3 is 0 Å². The van der Waals surface area contributed by atoms with Gasteiger partial charge < -0.3 is 19.7 Å². The first-order chi connectivity index (χ1) is 21.6. The molecule has 0 saturated carbocycles. The van der Waals surface area contributed by atoms with Crippen molar-refractivity contribution in [2.75, 3.05) is 26.0 Å². The summed E-state index contributed by atoms with van der Waals surface area (Å²) in [6.07, 6.45) is 3.48. The van der Waals surface area contributed by atoms with E-state index in [0.717, 1.165) is 45.5 Å². The molecule has 1 aromatic heterocycles. The highest BCUT2D eigenvalue weighted by atomic mass is 16.5. The third-order valence-corrected chi connectivity index (χ3v) is 8.04. The average molecular weight is 606 g/mol. The maximum absolute atomic E-state index is 13.8. The molecule has 1 N–H and O–H groups in total. The molecular formula is C38H43N3O4. The highest BCUT2D eigenvalue weighted by molar-refractivity contribution is 6.13. The van der Waals surface area contributed by atoms with Crippen molar-refractivity contribution < 1.29 is 19.1 Å². The van der Waals surface area contributed by atoms with E-state index in [-0.39, 0.29) is 11.8 Å². The van der Waals surface area contributed by atoms with Crippen LogP contribution in [0.1, 0.15) is 72.4 Å². The van der Waals surface area contributed by atoms with Gasteiger partial charge in [0.25, 0.3) is 11.8 Å². The van der Waals surface area contributed by atoms with Gasteiger partial charge in [-0.1, -0.05) is 30.7 Å². The number of anilines is 1. The molecule has 7 heteroatoms. The molecule has 45 heavy (non-hydrogen) atoms. The number of hydrogen-bond donors (Lipinski definition) is 1. The average Bonchev–Trinajstić information content (AvgIpc) is 3.05. The van der Waals surface area contributed by atoms with Crippen molar-refractivity contribution in [1.82, 2.24) is 9.88 Å². The number of fused-ring (bicyclic) bond motifs is 1. The second-order valence-corrected chi connectivity index (χ2v) is 11.3. The fourth-order valence-corrected chi connectivity index (χ4v) is 5.14. The number of pyridine rings is 1. The number of methoxy groups -OCH3 is 1. The van der Waals surface area contributed by atoms with Gasteiger partial charge in [0.05, 0.1) is 29.6 Å². The third-order valence-electron chi connectivity index (χ3n) is 8.04. The van der Waals surface area contributed by atoms with Gasteiger partial charge in [-0.15, -0.1) is 0 Å². The molecule has 3 aromatic carbocycles. The van der Waals surface area contributed by atoms with Crippen molar-refractivity contribution >= 4 is 28.4 Å². The molecule has 234 valence electrons. The molecule has 0 radical (unpaired) electrons. The Morgan fingerprint density at radius 3 is 2.38 bits per heavy atom. The number of aromatic nitrogens is 1. The van der Waals surface area contributed by atoms with Crippen LogP contribution in [-0.2, 0) is 4.74 Å². The van der Waals surface area contributed by atoms with Gasteiger partial charge in [0, 0.05) is 42.2 Å². The smallest absolute Gasteiger partial charge is 0.256 e. The van der Waals surface area contributed by atoms with Gasteiger partial charge in [0.2, 0.25) is 0 Å². The van der Waals surface area contributed by atoms with E-state index in [1.165, 1.54) is 5.57 Å². The summed E-state index contributed by atoms with van der Waals surface area (Å²) in [5, 5.41) is 3.80. The van der Waals surface area contributed by atoms with Crippen LogP contribution in [0.25, 0.3) is 22.2 Å². The van der Waals surface area contributed by atoms with Crippen LogP contribution < -0.4 is 10.1 Å². The minimum Gasteiger partial charge on any atom is -0.496 e. The maximum Gasteiger partial charge on any atom is 0.256 e. The topological polar surface area (TPSA) is 80.8 Å². The van der Waals surface area contributed by atoms with Gasteiger partial charge in [-0.2, -0.15) is 0 Å². The van der Waals surface area contributed by atoms with Crippen molar-refractivity contribution in [3.63, 3.8) is 0 Å². The Bertz CT molecular complexity index is 1770. The predicted octanol–water partition coefficient (Wildman–Crippen LogP) is 8.87. The molecule has 0 aliphatic heterocycles. The summed E-state index contributed by atoms with van der Waals surface area (Å²) in [6.45, 7) is 12.6. The van der Waals surface area contributed by atoms with Crippen LogP contribution >= 0.6 is 0 Å². The molecular weight excluding hydrogens is 562 g/mol. The largest absolute Gasteiger partial charge is 0.496 e. The maximum atomic E-state index is 13.8. The van der Waals surface area contributed by atoms with E-state index in [0.29, 0.717) is 41.2 Å². The molecule has 0 fully saturated rings. The number of aryl methyl sites for hydroxylation is 2. The first kappa shape index (κ1) is 33.0. The monoisotopic (exact) mass is 605 g/mol. The summed E-state index contributed by atoms with van der Waals surface area (Å²) in [5.41, 5.74) is 7.08. The molecule has 4 rings (SSSR count). The number of nitrogens with one attached hydrogen (secondary N) is 1. The molecule has 2 amide bonds. The number of rotatable bonds is 11. The standard InChI is InChI=1S/C38H43N3O4/c1-9-25(4)27(6)45-30(10-2)19-20-41(7)38(43)28-15-17-29(18-16-28)39-37(42)33-23-34(31-13-11-12-14-35(31)44-8)40-36-26(5)21-24(3)22-32(33)36/h10-18,21-23H,9,19-20H2,1-8H3,(H,39,42)/b27-25?,30-10-. The van der Waals surface area contributed by atoms with Gasteiger partial charge in [0.15, 0.2) is 0 Å². The number of para-hydroxylation sites is 1. The first-order valence-electron chi connectivity index (χ1n) is 15.3. The van der Waals surface area contributed by atoms with Crippen molar-refractivity contribution in [2.45, 2.75) is 54.4 Å². The zero-order valence-electron chi connectivity index (χ0n) is 27.6. The Labute approximate surface area is 266 Å². The number of ether oxygens (including phenoxy) is 2. The predicted molar refractivity (Wildman–Crippen MR) is 183 cm³/mol. The zero-order valence-corrected chi connectivity index (χ0v) is 27.6. The number of amides is 2. The van der Waals surface area contributed by atoms with Gasteiger partial charge in [-0.3, -0.25) is 9.59 Å². The van der Waals surface area contributed by atoms with Crippen LogP contribution in [0, 0.1) is 13.8 Å². The minimum absolute atomic E-state index is 0.104. The van der Waals surface area contributed by atoms with Crippen LogP contribution in [0.5, 0.6) is 5.75 Å². The second kappa shape index (κ2) is 14.7. The lowest BCUT2D eigenvalue weighted by molar-refractivity contribution is 0.0791. The van der Waals surface area contributed by atoms with E-state index < -0.39 is 0 Å². The molecule has 1 heterocycles. The van der Waals surface area contributed by atoms with Crippen molar-refractivity contribution in [2.24, 2.45) is 0 Å². The number of carbonyl (C=O) groups excluding carboxylic acids is 2. The molecule has 0 aliphatic carbocycles. The minimum atomic E-state index is -0.263. The SMILES string of the molecule is C/C=C(/CCN(C)C(=O)c1ccc(NC(=O)c2cc(-c3ccccc3OC)nc3c(C)cc(C)cc23)cc1)OC(C)=C(C)CC. The summed E-state index contributed by atoms with van der Waals surface area (Å²) in [6, 6.07) is 20.5. The molecule has 4 aromatic rings. The third kappa shape index (κ3) is 7.79. The van der Waals surface area contributed by atoms with E-state index >= 15 is 0 Å². The zero-order chi connectivity index (χ0) is 32.7. The van der Waals surface area contributed by atoms with E-state index in [9.17, 15) is 9.59 Å². The fraction of sp³-hybridized carbons (Fsp3) is 0.289. The summed E-state index contributed by atoms with van der Waals surface area (Å²) in [4.78, 5) is 33.5. The molecule has 0 aliphatic rings. The van der Waals surface area contributed by atoms with Crippen LogP contribution in [0.15, 0.2) is 89.9 Å². The molecule has 0 spiro atoms. The lowest BCUT2D eigenvalue weighted by Gasteiger charge is -2.19. The van der Waals surface area contributed by atoms with Crippen molar-refractivity contribution in [3.8, 4) is 17.0 Å². The van der Waals surface area contributed by atoms with Crippen LogP contribution in [0.4, 0.5) is 5.69 Å². The van der Waals surface area contributed by atoms with E-state index in [1.807, 2.05) is 70.2 Å². The number of benzene rings is 3. The van der Waals surface area contributed by atoms with E-state index in [2.05, 4.69) is 25.2 Å². The summed E-state index contributed by atoms with van der Waals surface area (Å²) in [5.74, 6) is 2.05. The molecule has 0 atom stereocenters. The lowest BCUT2D eigenvalue weighted by atomic mass is 9.99. The number of carbonyl (C=O) groups is 2. The van der Waals surface area contributed by atoms with Gasteiger partial charge in [0.1, 0.15) is 11.5 Å². The molecule has 0 unspecified atom stereocenters. The highest BCUT2D eigenvalue weighted by Crippen LogP contribution is 2.33. The Morgan fingerprint density at radius 2 is 1.71 bits per heavy atom. The Hall–Kier alpha value is -4.91. The molecule has 7 nitrogen and oxygen atoms in total. The van der Waals surface area contributed by atoms with Crippen molar-refractivity contribution in [1.29, 1.82) is 0 Å². The summed E-state index contributed by atoms with van der Waals surface area (Å²) >= 11 is 0. The van der Waals surface area contributed by atoms with Crippen molar-refractivity contribution in [3.05, 3.63) is 112 Å². The lowest BCUT2D eigenvalue weighted by Crippen LogP contribution is -2.28. The number of hydrogen-bond acceptors (Lipinski definition) is 5. The summed E-state index contributed by atoms with van der Waals surface area (Å²) < 4.78 is 11.6. The van der Waals surface area contributed by atoms with Crippen LogP contribution in [0.3, 0.4) is 0 Å². The Kier molecular flexibility index (Phi) is 10.8. The van der Waals surface area contributed by atoms with E-state index in [1.54, 1.807) is 43.3 Å². The number of allylic oxidation sites excluding steroid dienone is 3. The van der Waals surface area contributed by atoms with E-state index in [4.69, 9.17) is 14.5 Å². The van der Waals surface area contributed by atoms with Gasteiger partial charge in [-0.25, -0.2) is 4.98 Å². The first-order valence-corrected chi connectivity index (χ1v) is 15.3. The highest BCUT2D eigenvalue weighted by Gasteiger charge is 2.19. The quantitative estimate of drug-likeness (QED) is 0.173. The fourth-order valence-electron chi connectivity index (χ4n) is 5.14. The normalized spacial score (nSPS) is 12.0. The summed E-state index contributed by atoms with van der Waals surface area (Å²) in [7, 11) is 3.40. The number of nitrogens with zero attached hydrogens (tertiary/aromatic N) is 2. The second-order valence-electron chi connectivity index (χ2n) is 11.3. The Morgan fingerprint density at radius 1 is 1.00 bits per heavy atom. The molecule has 0 bridgehead atoms. The van der Waals surface area contributed by atoms with Gasteiger partial charge in [-0.05, 0) is 107 Å².